The molecule has 1 aromatic rings. The summed E-state index contributed by atoms with van der Waals surface area (Å²) in [5.74, 6) is -0.707. The number of carbonyl (C=O) groups is 2. The fraction of sp³-hybridized carbons (Fsp3) is 0.600. The molecule has 0 saturated heterocycles. The second-order valence-corrected chi connectivity index (χ2v) is 4.70. The number of hydrogen-bond acceptors (Lipinski definition) is 6. The van der Waals surface area contributed by atoms with Crippen LogP contribution < -0.4 is 16.4 Å². The smallest absolute Gasteiger partial charge is 0.245 e. The zero-order valence-corrected chi connectivity index (χ0v) is 11.0. The van der Waals surface area contributed by atoms with Crippen molar-refractivity contribution >= 4 is 28.3 Å². The van der Waals surface area contributed by atoms with Gasteiger partial charge in [-0.25, -0.2) is 0 Å². The zero-order valence-electron chi connectivity index (χ0n) is 10.2. The van der Waals surface area contributed by atoms with Crippen LogP contribution in [0.15, 0.2) is 0 Å². The fourth-order valence-electron chi connectivity index (χ4n) is 1.15. The number of hydrogen-bond donors (Lipinski definition) is 3. The largest absolute Gasteiger partial charge is 0.346 e. The molecule has 0 atom stereocenters. The van der Waals surface area contributed by atoms with Crippen LogP contribution in [0.25, 0.3) is 0 Å². The first-order valence-corrected chi connectivity index (χ1v) is 6.56. The molecule has 0 aliphatic rings. The molecule has 0 bridgehead atoms. The third-order valence-electron chi connectivity index (χ3n) is 2.09. The Labute approximate surface area is 109 Å². The van der Waals surface area contributed by atoms with Crippen LogP contribution in [0.4, 0.5) is 5.13 Å². The van der Waals surface area contributed by atoms with Gasteiger partial charge in [0.1, 0.15) is 5.01 Å². The van der Waals surface area contributed by atoms with Crippen molar-refractivity contribution < 1.29 is 9.59 Å². The van der Waals surface area contributed by atoms with E-state index < -0.39 is 0 Å². The monoisotopic (exact) mass is 271 g/mol. The summed E-state index contributed by atoms with van der Waals surface area (Å²) in [4.78, 5) is 22.3. The molecule has 7 nitrogen and oxygen atoms in total. The van der Waals surface area contributed by atoms with Gasteiger partial charge in [-0.05, 0) is 6.42 Å². The van der Waals surface area contributed by atoms with Crippen LogP contribution in [0.2, 0.25) is 0 Å². The van der Waals surface area contributed by atoms with E-state index in [1.54, 1.807) is 0 Å². The molecule has 1 heterocycles. The molecule has 0 spiro atoms. The van der Waals surface area contributed by atoms with E-state index in [0.29, 0.717) is 5.13 Å². The lowest BCUT2D eigenvalue weighted by Crippen LogP contribution is -2.36. The standard InChI is InChI=1S/C10H17N5O2S/c1-2-3-4-9-14-15-10(18-9)13-8(17)6-12-7(16)5-11/h2-6,11H2,1H3,(H,12,16)(H,13,15,17). The average Bonchev–Trinajstić information content (AvgIpc) is 2.81. The van der Waals surface area contributed by atoms with Gasteiger partial charge in [-0.2, -0.15) is 0 Å². The van der Waals surface area contributed by atoms with Crippen molar-refractivity contribution in [2.45, 2.75) is 26.2 Å². The molecule has 0 radical (unpaired) electrons. The number of amides is 2. The summed E-state index contributed by atoms with van der Waals surface area (Å²) in [6.07, 6.45) is 3.01. The van der Waals surface area contributed by atoms with Crippen LogP contribution in [0.1, 0.15) is 24.8 Å². The Hall–Kier alpha value is -1.54. The summed E-state index contributed by atoms with van der Waals surface area (Å²) in [6.45, 7) is 1.86. The van der Waals surface area contributed by atoms with E-state index in [1.165, 1.54) is 11.3 Å². The highest BCUT2D eigenvalue weighted by molar-refractivity contribution is 7.15. The molecule has 0 aliphatic heterocycles. The second kappa shape index (κ2) is 7.72. The molecule has 100 valence electrons. The van der Waals surface area contributed by atoms with Crippen LogP contribution in [0, 0.1) is 0 Å². The minimum atomic E-state index is -0.369. The van der Waals surface area contributed by atoms with Gasteiger partial charge < -0.3 is 11.1 Å². The fourth-order valence-corrected chi connectivity index (χ4v) is 1.95. The number of nitrogens with one attached hydrogen (secondary N) is 2. The zero-order chi connectivity index (χ0) is 13.4. The molecular weight excluding hydrogens is 254 g/mol. The Morgan fingerprint density at radius 3 is 2.78 bits per heavy atom. The predicted octanol–water partition coefficient (Wildman–Crippen LogP) is -0.106. The molecular formula is C10H17N5O2S. The number of aryl methyl sites for hydroxylation is 1. The lowest BCUT2D eigenvalue weighted by Gasteiger charge is -2.02. The van der Waals surface area contributed by atoms with Gasteiger partial charge in [0.05, 0.1) is 13.1 Å². The predicted molar refractivity (Wildman–Crippen MR) is 69.2 cm³/mol. The highest BCUT2D eigenvalue weighted by Crippen LogP contribution is 2.16. The van der Waals surface area contributed by atoms with E-state index in [1.807, 2.05) is 0 Å². The maximum atomic E-state index is 11.4. The van der Waals surface area contributed by atoms with Crippen LogP contribution in [-0.4, -0.2) is 35.1 Å². The van der Waals surface area contributed by atoms with Crippen LogP contribution in [0.3, 0.4) is 0 Å². The Balaban J connectivity index is 2.35. The van der Waals surface area contributed by atoms with Crippen molar-refractivity contribution in [3.63, 3.8) is 0 Å². The van der Waals surface area contributed by atoms with Crippen molar-refractivity contribution in [3.05, 3.63) is 5.01 Å². The number of nitrogens with zero attached hydrogens (tertiary/aromatic N) is 2. The normalized spacial score (nSPS) is 10.1. The van der Waals surface area contributed by atoms with E-state index in [0.717, 1.165) is 24.3 Å². The SMILES string of the molecule is CCCCc1nnc(NC(=O)CNC(=O)CN)s1. The average molecular weight is 271 g/mol. The third kappa shape index (κ3) is 5.19. The Morgan fingerprint density at radius 2 is 2.11 bits per heavy atom. The summed E-state index contributed by atoms with van der Waals surface area (Å²) >= 11 is 1.35. The number of anilines is 1. The molecule has 4 N–H and O–H groups in total. The molecule has 0 fully saturated rings. The van der Waals surface area contributed by atoms with Gasteiger partial charge in [0, 0.05) is 6.42 Å². The van der Waals surface area contributed by atoms with Crippen molar-refractivity contribution in [3.8, 4) is 0 Å². The third-order valence-corrected chi connectivity index (χ3v) is 2.99. The minimum Gasteiger partial charge on any atom is -0.346 e. The Bertz CT molecular complexity index is 407. The molecule has 2 amide bonds. The Morgan fingerprint density at radius 1 is 1.33 bits per heavy atom. The van der Waals surface area contributed by atoms with Crippen molar-refractivity contribution in [1.29, 1.82) is 0 Å². The van der Waals surface area contributed by atoms with Gasteiger partial charge in [-0.15, -0.1) is 10.2 Å². The first-order valence-electron chi connectivity index (χ1n) is 5.74. The lowest BCUT2D eigenvalue weighted by molar-refractivity contribution is -0.123. The van der Waals surface area contributed by atoms with E-state index in [2.05, 4.69) is 27.8 Å². The van der Waals surface area contributed by atoms with Crippen molar-refractivity contribution in [2.75, 3.05) is 18.4 Å². The van der Waals surface area contributed by atoms with Crippen LogP contribution in [0.5, 0.6) is 0 Å². The van der Waals surface area contributed by atoms with E-state index >= 15 is 0 Å². The van der Waals surface area contributed by atoms with Gasteiger partial charge in [0.2, 0.25) is 16.9 Å². The summed E-state index contributed by atoms with van der Waals surface area (Å²) in [6, 6.07) is 0. The number of aromatic nitrogens is 2. The lowest BCUT2D eigenvalue weighted by atomic mass is 10.3. The number of nitrogens with two attached hydrogens (primary N) is 1. The minimum absolute atomic E-state index is 0.111. The summed E-state index contributed by atoms with van der Waals surface area (Å²) in [5, 5.41) is 14.1. The number of unbranched alkanes of at least 4 members (excludes halogenated alkanes) is 1. The van der Waals surface area contributed by atoms with Gasteiger partial charge in [0.25, 0.3) is 0 Å². The first kappa shape index (κ1) is 14.5. The highest BCUT2D eigenvalue weighted by atomic mass is 32.1. The van der Waals surface area contributed by atoms with E-state index in [-0.39, 0.29) is 24.9 Å². The first-order chi connectivity index (χ1) is 8.65. The van der Waals surface area contributed by atoms with Gasteiger partial charge in [0.15, 0.2) is 0 Å². The molecule has 0 aromatic carbocycles. The Kier molecular flexibility index (Phi) is 6.23. The van der Waals surface area contributed by atoms with Gasteiger partial charge in [-0.3, -0.25) is 14.9 Å². The van der Waals surface area contributed by atoms with Gasteiger partial charge in [-0.1, -0.05) is 24.7 Å². The molecule has 0 unspecified atom stereocenters. The van der Waals surface area contributed by atoms with Crippen LogP contribution in [-0.2, 0) is 16.0 Å². The molecule has 8 heteroatoms. The molecule has 0 aliphatic carbocycles. The maximum absolute atomic E-state index is 11.4. The van der Waals surface area contributed by atoms with E-state index in [4.69, 9.17) is 5.73 Å². The molecule has 1 rings (SSSR count). The molecule has 0 saturated carbocycles. The highest BCUT2D eigenvalue weighted by Gasteiger charge is 2.08. The van der Waals surface area contributed by atoms with Crippen molar-refractivity contribution in [1.82, 2.24) is 15.5 Å². The summed E-state index contributed by atoms with van der Waals surface area (Å²) in [7, 11) is 0. The quantitative estimate of drug-likeness (QED) is 0.641. The number of rotatable bonds is 7. The second-order valence-electron chi connectivity index (χ2n) is 3.63. The molecule has 1 aromatic heterocycles. The van der Waals surface area contributed by atoms with Crippen LogP contribution >= 0.6 is 11.3 Å². The van der Waals surface area contributed by atoms with Crippen molar-refractivity contribution in [2.24, 2.45) is 5.73 Å². The maximum Gasteiger partial charge on any atom is 0.245 e. The summed E-state index contributed by atoms with van der Waals surface area (Å²) < 4.78 is 0. The molecule has 18 heavy (non-hydrogen) atoms. The number of carbonyl (C=O) groups excluding carboxylic acids is 2. The van der Waals surface area contributed by atoms with Gasteiger partial charge >= 0.3 is 0 Å². The summed E-state index contributed by atoms with van der Waals surface area (Å²) in [5.41, 5.74) is 5.10. The van der Waals surface area contributed by atoms with E-state index in [9.17, 15) is 9.59 Å². The topological polar surface area (TPSA) is 110 Å².